The van der Waals surface area contributed by atoms with Crippen LogP contribution in [0.2, 0.25) is 0 Å². The highest BCUT2D eigenvalue weighted by Crippen LogP contribution is 2.36. The second-order valence-corrected chi connectivity index (χ2v) is 5.78. The van der Waals surface area contributed by atoms with Crippen molar-refractivity contribution in [3.8, 4) is 11.5 Å². The number of nitrogens with one attached hydrogen (secondary N) is 1. The fourth-order valence-corrected chi connectivity index (χ4v) is 3.07. The molecular weight excluding hydrogens is 264 g/mol. The molecule has 21 heavy (non-hydrogen) atoms. The van der Waals surface area contributed by atoms with Gasteiger partial charge in [-0.05, 0) is 30.5 Å². The van der Waals surface area contributed by atoms with E-state index in [1.165, 1.54) is 5.56 Å². The van der Waals surface area contributed by atoms with Crippen LogP contribution in [-0.4, -0.2) is 42.8 Å². The minimum absolute atomic E-state index is 0.226. The molecule has 1 aliphatic heterocycles. The summed E-state index contributed by atoms with van der Waals surface area (Å²) in [6.07, 6.45) is 1.14. The van der Waals surface area contributed by atoms with Crippen molar-refractivity contribution in [1.82, 2.24) is 10.2 Å². The molecule has 0 aliphatic carbocycles. The molecule has 1 saturated heterocycles. The molecule has 2 atom stereocenters. The van der Waals surface area contributed by atoms with Crippen LogP contribution in [0.4, 0.5) is 0 Å². The number of piperazine rings is 1. The highest BCUT2D eigenvalue weighted by Gasteiger charge is 2.27. The van der Waals surface area contributed by atoms with E-state index < -0.39 is 0 Å². The minimum Gasteiger partial charge on any atom is -0.504 e. The molecule has 4 nitrogen and oxygen atoms in total. The predicted molar refractivity (Wildman–Crippen MR) is 85.9 cm³/mol. The van der Waals surface area contributed by atoms with Gasteiger partial charge in [-0.25, -0.2) is 0 Å². The summed E-state index contributed by atoms with van der Waals surface area (Å²) in [5.41, 5.74) is 1.24. The summed E-state index contributed by atoms with van der Waals surface area (Å²) in [5, 5.41) is 13.3. The van der Waals surface area contributed by atoms with Crippen molar-refractivity contribution in [3.63, 3.8) is 0 Å². The van der Waals surface area contributed by atoms with Crippen molar-refractivity contribution in [2.75, 3.05) is 32.8 Å². The van der Waals surface area contributed by atoms with E-state index in [0.717, 1.165) is 32.6 Å². The summed E-state index contributed by atoms with van der Waals surface area (Å²) in [7, 11) is 0. The first-order valence-corrected chi connectivity index (χ1v) is 8.07. The average Bonchev–Trinajstić information content (AvgIpc) is 2.51. The van der Waals surface area contributed by atoms with Gasteiger partial charge >= 0.3 is 0 Å². The van der Waals surface area contributed by atoms with Gasteiger partial charge in [-0.1, -0.05) is 26.3 Å². The number of benzene rings is 1. The highest BCUT2D eigenvalue weighted by atomic mass is 16.5. The zero-order valence-corrected chi connectivity index (χ0v) is 13.4. The van der Waals surface area contributed by atoms with Crippen LogP contribution >= 0.6 is 0 Å². The van der Waals surface area contributed by atoms with Crippen molar-refractivity contribution >= 4 is 0 Å². The lowest BCUT2D eigenvalue weighted by molar-refractivity contribution is 0.128. The molecule has 0 bridgehead atoms. The normalized spacial score (nSPS) is 19.2. The van der Waals surface area contributed by atoms with Crippen molar-refractivity contribution in [2.24, 2.45) is 5.92 Å². The molecule has 4 heteroatoms. The van der Waals surface area contributed by atoms with Gasteiger partial charge in [-0.3, -0.25) is 4.90 Å². The van der Waals surface area contributed by atoms with Crippen LogP contribution in [0.3, 0.4) is 0 Å². The molecule has 2 N–H and O–H groups in total. The van der Waals surface area contributed by atoms with E-state index in [4.69, 9.17) is 4.74 Å². The van der Waals surface area contributed by atoms with Gasteiger partial charge in [0.25, 0.3) is 0 Å². The smallest absolute Gasteiger partial charge is 0.161 e. The standard InChI is InChI=1S/C17H28N2O2/c1-4-13(3)17(19-10-8-18-9-11-19)14-6-7-15(20)16(12-14)21-5-2/h6-7,12-13,17-18,20H,4-5,8-11H2,1-3H3/t13?,17-/m0/s1. The molecule has 0 amide bonds. The number of aromatic hydroxyl groups is 1. The Bertz CT molecular complexity index is 444. The summed E-state index contributed by atoms with van der Waals surface area (Å²) < 4.78 is 5.55. The lowest BCUT2D eigenvalue weighted by Crippen LogP contribution is -2.46. The molecule has 1 aromatic carbocycles. The van der Waals surface area contributed by atoms with Gasteiger partial charge < -0.3 is 15.2 Å². The third kappa shape index (κ3) is 3.89. The number of rotatable bonds is 6. The molecule has 0 aromatic heterocycles. The SMILES string of the molecule is CCOc1cc([C@H](C(C)CC)N2CCNCC2)ccc1O. The minimum atomic E-state index is 0.226. The number of nitrogens with zero attached hydrogens (tertiary/aromatic N) is 1. The fourth-order valence-electron chi connectivity index (χ4n) is 3.07. The van der Waals surface area contributed by atoms with Crippen molar-refractivity contribution in [2.45, 2.75) is 33.2 Å². The lowest BCUT2D eigenvalue weighted by Gasteiger charge is -2.38. The molecule has 118 valence electrons. The van der Waals surface area contributed by atoms with Gasteiger partial charge in [0.15, 0.2) is 11.5 Å². The van der Waals surface area contributed by atoms with E-state index in [2.05, 4.69) is 24.1 Å². The Hall–Kier alpha value is -1.26. The molecule has 1 aliphatic rings. The van der Waals surface area contributed by atoms with E-state index in [0.29, 0.717) is 24.3 Å². The molecule has 0 saturated carbocycles. The molecule has 1 fully saturated rings. The Morgan fingerprint density at radius 2 is 2.00 bits per heavy atom. The maximum absolute atomic E-state index is 9.91. The van der Waals surface area contributed by atoms with Crippen LogP contribution in [0, 0.1) is 5.92 Å². The van der Waals surface area contributed by atoms with Crippen LogP contribution < -0.4 is 10.1 Å². The van der Waals surface area contributed by atoms with E-state index in [1.54, 1.807) is 6.07 Å². The second-order valence-electron chi connectivity index (χ2n) is 5.78. The largest absolute Gasteiger partial charge is 0.504 e. The predicted octanol–water partition coefficient (Wildman–Crippen LogP) is 2.78. The Kier molecular flexibility index (Phi) is 5.88. The van der Waals surface area contributed by atoms with Crippen LogP contribution in [0.25, 0.3) is 0 Å². The first-order chi connectivity index (χ1) is 10.2. The molecule has 1 aromatic rings. The van der Waals surface area contributed by atoms with E-state index in [-0.39, 0.29) is 5.75 Å². The lowest BCUT2D eigenvalue weighted by atomic mass is 9.90. The zero-order valence-electron chi connectivity index (χ0n) is 13.4. The van der Waals surface area contributed by atoms with Gasteiger partial charge in [0, 0.05) is 32.2 Å². The average molecular weight is 292 g/mol. The number of phenolic OH excluding ortho intramolecular Hbond substituents is 1. The first kappa shape index (κ1) is 16.1. The van der Waals surface area contributed by atoms with Gasteiger partial charge in [0.2, 0.25) is 0 Å². The van der Waals surface area contributed by atoms with Crippen LogP contribution in [0.1, 0.15) is 38.8 Å². The van der Waals surface area contributed by atoms with Crippen LogP contribution in [0.15, 0.2) is 18.2 Å². The Balaban J connectivity index is 2.29. The molecule has 2 rings (SSSR count). The maximum Gasteiger partial charge on any atom is 0.161 e. The summed E-state index contributed by atoms with van der Waals surface area (Å²) in [6.45, 7) is 11.3. The van der Waals surface area contributed by atoms with Crippen LogP contribution in [0.5, 0.6) is 11.5 Å². The van der Waals surface area contributed by atoms with Crippen LogP contribution in [-0.2, 0) is 0 Å². The summed E-state index contributed by atoms with van der Waals surface area (Å²) in [4.78, 5) is 2.55. The molecule has 1 unspecified atom stereocenters. The van der Waals surface area contributed by atoms with Gasteiger partial charge in [0.1, 0.15) is 0 Å². The Morgan fingerprint density at radius 1 is 1.29 bits per heavy atom. The quantitative estimate of drug-likeness (QED) is 0.846. The first-order valence-electron chi connectivity index (χ1n) is 8.07. The summed E-state index contributed by atoms with van der Waals surface area (Å²) in [5.74, 6) is 1.39. The third-order valence-corrected chi connectivity index (χ3v) is 4.35. The molecule has 0 radical (unpaired) electrons. The topological polar surface area (TPSA) is 44.7 Å². The van der Waals surface area contributed by atoms with E-state index >= 15 is 0 Å². The fraction of sp³-hybridized carbons (Fsp3) is 0.647. The number of hydrogen-bond acceptors (Lipinski definition) is 4. The highest BCUT2D eigenvalue weighted by molar-refractivity contribution is 5.43. The van der Waals surface area contributed by atoms with Gasteiger partial charge in [-0.15, -0.1) is 0 Å². The zero-order chi connectivity index (χ0) is 15.2. The van der Waals surface area contributed by atoms with Crippen molar-refractivity contribution in [1.29, 1.82) is 0 Å². The van der Waals surface area contributed by atoms with Crippen molar-refractivity contribution in [3.05, 3.63) is 23.8 Å². The Labute approximate surface area is 128 Å². The molecular formula is C17H28N2O2. The molecule has 1 heterocycles. The summed E-state index contributed by atoms with van der Waals surface area (Å²) in [6, 6.07) is 6.20. The van der Waals surface area contributed by atoms with Gasteiger partial charge in [0.05, 0.1) is 6.61 Å². The third-order valence-electron chi connectivity index (χ3n) is 4.35. The van der Waals surface area contributed by atoms with Crippen molar-refractivity contribution < 1.29 is 9.84 Å². The second kappa shape index (κ2) is 7.66. The molecule has 0 spiro atoms. The van der Waals surface area contributed by atoms with Gasteiger partial charge in [-0.2, -0.15) is 0 Å². The maximum atomic E-state index is 9.91. The monoisotopic (exact) mass is 292 g/mol. The number of ether oxygens (including phenoxy) is 1. The number of hydrogen-bond donors (Lipinski definition) is 2. The van der Waals surface area contributed by atoms with E-state index in [9.17, 15) is 5.11 Å². The summed E-state index contributed by atoms with van der Waals surface area (Å²) >= 11 is 0. The van der Waals surface area contributed by atoms with E-state index in [1.807, 2.05) is 19.1 Å². The number of phenols is 1. The Morgan fingerprint density at radius 3 is 2.62 bits per heavy atom.